The number of carbonyl (C=O) groups is 1. The number of nitrogens with zero attached hydrogens (tertiary/aromatic N) is 4. The monoisotopic (exact) mass is 857 g/mol. The van der Waals surface area contributed by atoms with Crippen molar-refractivity contribution in [2.75, 3.05) is 11.9 Å². The van der Waals surface area contributed by atoms with E-state index in [4.69, 9.17) is 19.2 Å². The maximum Gasteiger partial charge on any atom is 0.258 e. The van der Waals surface area contributed by atoms with Gasteiger partial charge in [-0.15, -0.1) is 0 Å². The minimum absolute atomic E-state index is 0.0313. The zero-order chi connectivity index (χ0) is 44.1. The number of rotatable bonds is 14. The molecule has 1 N–H and O–H groups in total. The van der Waals surface area contributed by atoms with E-state index >= 15 is 4.39 Å². The molecule has 0 saturated carbocycles. The van der Waals surface area contributed by atoms with Crippen molar-refractivity contribution in [3.05, 3.63) is 264 Å². The van der Waals surface area contributed by atoms with Gasteiger partial charge in [0.15, 0.2) is 18.0 Å². The van der Waals surface area contributed by atoms with Crippen LogP contribution >= 0.6 is 0 Å². The van der Waals surface area contributed by atoms with Crippen molar-refractivity contribution in [3.8, 4) is 0 Å². The fraction of sp³-hybridized carbons (Fsp3) is 0.127. The molecule has 10 rings (SSSR count). The molecule has 4 atom stereocenters. The SMILES string of the molecule is O=C(Nc1ncc2ncn([C@@H]3O[C@H](COC(c4ccccc4)(c4ccccc4)c4ccccc4)[C@@H](OC(c4ccccc4)(c4ccccc4)c4ccccc4)[C@H]3F)c2n1)c1ccccc1. The molecular formula is C55H44FN5O4. The second-order valence-corrected chi connectivity index (χ2v) is 15.8. The average Bonchev–Trinajstić information content (AvgIpc) is 3.94. The van der Waals surface area contributed by atoms with Crippen LogP contribution < -0.4 is 5.32 Å². The van der Waals surface area contributed by atoms with Gasteiger partial charge in [-0.3, -0.25) is 14.7 Å². The molecule has 1 aliphatic rings. The lowest BCUT2D eigenvalue weighted by molar-refractivity contribution is -0.128. The summed E-state index contributed by atoms with van der Waals surface area (Å²) in [6.07, 6.45) is -2.34. The van der Waals surface area contributed by atoms with Crippen LogP contribution in [0.5, 0.6) is 0 Å². The van der Waals surface area contributed by atoms with Crippen molar-refractivity contribution < 1.29 is 23.4 Å². The Morgan fingerprint density at radius 3 is 1.45 bits per heavy atom. The smallest absolute Gasteiger partial charge is 0.258 e. The zero-order valence-corrected chi connectivity index (χ0v) is 35.2. The normalized spacial score (nSPS) is 17.5. The number of ether oxygens (including phenoxy) is 3. The van der Waals surface area contributed by atoms with Crippen molar-refractivity contribution in [1.82, 2.24) is 19.5 Å². The average molecular weight is 858 g/mol. The molecule has 10 heteroatoms. The van der Waals surface area contributed by atoms with E-state index in [0.29, 0.717) is 11.1 Å². The Balaban J connectivity index is 1.11. The zero-order valence-electron chi connectivity index (χ0n) is 35.2. The lowest BCUT2D eigenvalue weighted by atomic mass is 9.79. The van der Waals surface area contributed by atoms with Crippen LogP contribution in [-0.4, -0.2) is 50.4 Å². The molecule has 1 amide bonds. The number of hydrogen-bond donors (Lipinski definition) is 1. The molecule has 0 radical (unpaired) electrons. The number of carbonyl (C=O) groups excluding carboxylic acids is 1. The van der Waals surface area contributed by atoms with Gasteiger partial charge in [0, 0.05) is 5.56 Å². The molecule has 2 aromatic heterocycles. The third-order valence-electron chi connectivity index (χ3n) is 12.0. The van der Waals surface area contributed by atoms with Crippen molar-refractivity contribution in [3.63, 3.8) is 0 Å². The highest BCUT2D eigenvalue weighted by atomic mass is 19.1. The van der Waals surface area contributed by atoms with E-state index in [1.807, 2.05) is 188 Å². The predicted molar refractivity (Wildman–Crippen MR) is 248 cm³/mol. The van der Waals surface area contributed by atoms with E-state index in [2.05, 4.69) is 15.3 Å². The highest BCUT2D eigenvalue weighted by Crippen LogP contribution is 2.47. The topological polar surface area (TPSA) is 100 Å². The standard InChI is InChI=1S/C55H44FN5O4/c56-48-49(65-55(43-30-16-5-17-31-43,44-32-18-6-19-33-44)45-34-20-7-21-35-45)47(37-63-54(40-24-10-2-11-25-40,41-26-12-3-13-27-41)42-28-14-4-15-29-42)64-52(48)61-38-58-46-36-57-53(59-50(46)61)60-51(62)39-22-8-1-9-23-39/h1-36,38,47-49,52H,37H2,(H,57,59,60,62)/t47-,48-,49-,52-/m1/s1. The van der Waals surface area contributed by atoms with Gasteiger partial charge >= 0.3 is 0 Å². The molecular weight excluding hydrogens is 814 g/mol. The summed E-state index contributed by atoms with van der Waals surface area (Å²) in [5, 5.41) is 2.77. The van der Waals surface area contributed by atoms with Crippen LogP contribution in [0.15, 0.2) is 225 Å². The van der Waals surface area contributed by atoms with Gasteiger partial charge in [0.1, 0.15) is 28.9 Å². The van der Waals surface area contributed by atoms with Crippen molar-refractivity contribution in [1.29, 1.82) is 0 Å². The number of imidazole rings is 1. The molecule has 0 aliphatic carbocycles. The number of halogens is 1. The second kappa shape index (κ2) is 18.2. The summed E-state index contributed by atoms with van der Waals surface area (Å²) in [6.45, 7) is -0.102. The molecule has 320 valence electrons. The molecule has 65 heavy (non-hydrogen) atoms. The first-order valence-corrected chi connectivity index (χ1v) is 21.5. The molecule has 0 unspecified atom stereocenters. The van der Waals surface area contributed by atoms with E-state index in [1.54, 1.807) is 28.8 Å². The molecule has 1 saturated heterocycles. The minimum atomic E-state index is -1.80. The first kappa shape index (κ1) is 41.4. The molecule has 0 spiro atoms. The maximum atomic E-state index is 18.3. The molecule has 1 fully saturated rings. The largest absolute Gasteiger partial charge is 0.358 e. The van der Waals surface area contributed by atoms with Crippen molar-refractivity contribution in [2.24, 2.45) is 0 Å². The summed E-state index contributed by atoms with van der Waals surface area (Å²) in [5.74, 6) is -0.358. The number of nitrogens with one attached hydrogen (secondary N) is 1. The fourth-order valence-corrected chi connectivity index (χ4v) is 8.93. The van der Waals surface area contributed by atoms with E-state index in [-0.39, 0.29) is 24.1 Å². The van der Waals surface area contributed by atoms with Gasteiger partial charge < -0.3 is 14.2 Å². The van der Waals surface area contributed by atoms with Gasteiger partial charge in [-0.1, -0.05) is 200 Å². The van der Waals surface area contributed by atoms with Crippen LogP contribution in [0.2, 0.25) is 0 Å². The van der Waals surface area contributed by atoms with Crippen LogP contribution in [0.3, 0.4) is 0 Å². The Morgan fingerprint density at radius 1 is 0.585 bits per heavy atom. The molecule has 9 nitrogen and oxygen atoms in total. The number of benzene rings is 7. The Kier molecular flexibility index (Phi) is 11.6. The second-order valence-electron chi connectivity index (χ2n) is 15.8. The molecule has 7 aromatic carbocycles. The Hall–Kier alpha value is -7.63. The third kappa shape index (κ3) is 7.89. The first-order valence-electron chi connectivity index (χ1n) is 21.5. The van der Waals surface area contributed by atoms with E-state index < -0.39 is 35.8 Å². The summed E-state index contributed by atoms with van der Waals surface area (Å²) < 4.78 is 41.7. The third-order valence-corrected chi connectivity index (χ3v) is 12.0. The van der Waals surface area contributed by atoms with Crippen LogP contribution in [-0.2, 0) is 25.4 Å². The number of aromatic nitrogens is 4. The first-order chi connectivity index (χ1) is 32.0. The number of anilines is 1. The van der Waals surface area contributed by atoms with Gasteiger partial charge in [0.25, 0.3) is 5.91 Å². The highest BCUT2D eigenvalue weighted by Gasteiger charge is 2.53. The Bertz CT molecular complexity index is 2770. The van der Waals surface area contributed by atoms with E-state index in [9.17, 15) is 4.79 Å². The quantitative estimate of drug-likeness (QED) is 0.109. The summed E-state index contributed by atoms with van der Waals surface area (Å²) >= 11 is 0. The molecule has 0 bridgehead atoms. The molecule has 9 aromatic rings. The lowest BCUT2D eigenvalue weighted by Crippen LogP contribution is -2.45. The number of amides is 1. The maximum absolute atomic E-state index is 18.3. The van der Waals surface area contributed by atoms with Crippen molar-refractivity contribution >= 4 is 23.0 Å². The fourth-order valence-electron chi connectivity index (χ4n) is 8.93. The number of hydrogen-bond acceptors (Lipinski definition) is 7. The number of fused-ring (bicyclic) bond motifs is 1. The van der Waals surface area contributed by atoms with Gasteiger partial charge in [-0.25, -0.2) is 14.4 Å². The summed E-state index contributed by atoms with van der Waals surface area (Å²) in [6, 6.07) is 68.5. The van der Waals surface area contributed by atoms with Crippen LogP contribution in [0.4, 0.5) is 10.3 Å². The predicted octanol–water partition coefficient (Wildman–Crippen LogP) is 10.7. The molecule has 3 heterocycles. The molecule has 1 aliphatic heterocycles. The van der Waals surface area contributed by atoms with Crippen LogP contribution in [0, 0.1) is 0 Å². The van der Waals surface area contributed by atoms with Crippen LogP contribution in [0.25, 0.3) is 11.2 Å². The Morgan fingerprint density at radius 2 is 1.00 bits per heavy atom. The summed E-state index contributed by atoms with van der Waals surface area (Å²) in [7, 11) is 0. The van der Waals surface area contributed by atoms with Crippen LogP contribution in [0.1, 0.15) is 50.0 Å². The summed E-state index contributed by atoms with van der Waals surface area (Å²) in [4.78, 5) is 26.8. The number of alkyl halides is 1. The van der Waals surface area contributed by atoms with E-state index in [1.165, 1.54) is 12.5 Å². The van der Waals surface area contributed by atoms with E-state index in [0.717, 1.165) is 33.4 Å². The van der Waals surface area contributed by atoms with Crippen molar-refractivity contribution in [2.45, 2.75) is 35.8 Å². The van der Waals surface area contributed by atoms with Gasteiger partial charge in [0.2, 0.25) is 5.95 Å². The summed E-state index contributed by atoms with van der Waals surface area (Å²) in [5.41, 5.74) is 3.71. The lowest BCUT2D eigenvalue weighted by Gasteiger charge is -2.40. The van der Waals surface area contributed by atoms with Gasteiger partial charge in [-0.2, -0.15) is 4.98 Å². The van der Waals surface area contributed by atoms with Gasteiger partial charge in [0.05, 0.1) is 19.1 Å². The van der Waals surface area contributed by atoms with Gasteiger partial charge in [-0.05, 0) is 45.5 Å². The minimum Gasteiger partial charge on any atom is -0.358 e. The Labute approximate surface area is 376 Å². The highest BCUT2D eigenvalue weighted by molar-refractivity contribution is 6.03.